The summed E-state index contributed by atoms with van der Waals surface area (Å²) in [7, 11) is -1.09. The molecule has 0 saturated heterocycles. The predicted octanol–water partition coefficient (Wildman–Crippen LogP) is 2.88. The number of rotatable bonds is 5. The summed E-state index contributed by atoms with van der Waals surface area (Å²) in [6.45, 7) is 0.731. The third-order valence-corrected chi connectivity index (χ3v) is 3.91. The number of halogens is 1. The molecule has 6 heteroatoms. The molecular formula is C13H14BrN3OS. The van der Waals surface area contributed by atoms with Gasteiger partial charge in [0.2, 0.25) is 5.16 Å². The highest BCUT2D eigenvalue weighted by molar-refractivity contribution is 9.10. The van der Waals surface area contributed by atoms with E-state index in [4.69, 9.17) is 0 Å². The molecule has 4 nitrogen and oxygen atoms in total. The normalized spacial score (nSPS) is 12.9. The van der Waals surface area contributed by atoms with Gasteiger partial charge in [0.15, 0.2) is 0 Å². The minimum atomic E-state index is -1.09. The van der Waals surface area contributed by atoms with Crippen molar-refractivity contribution in [2.75, 3.05) is 6.26 Å². The fourth-order valence-electron chi connectivity index (χ4n) is 1.63. The minimum absolute atomic E-state index is 0.525. The van der Waals surface area contributed by atoms with E-state index in [2.05, 4.69) is 38.3 Å². The second-order valence-electron chi connectivity index (χ2n) is 4.00. The summed E-state index contributed by atoms with van der Waals surface area (Å²) in [5.74, 6) is 0. The van der Waals surface area contributed by atoms with Gasteiger partial charge in [0.25, 0.3) is 0 Å². The third-order valence-electron chi connectivity index (χ3n) is 2.55. The molecule has 1 aromatic carbocycles. The van der Waals surface area contributed by atoms with E-state index in [1.807, 2.05) is 28.8 Å². The van der Waals surface area contributed by atoms with Crippen molar-refractivity contribution in [1.29, 1.82) is 0 Å². The van der Waals surface area contributed by atoms with Crippen LogP contribution in [0.5, 0.6) is 0 Å². The van der Waals surface area contributed by atoms with Crippen molar-refractivity contribution in [2.24, 2.45) is 0 Å². The van der Waals surface area contributed by atoms with Crippen LogP contribution in [0.1, 0.15) is 12.0 Å². The highest BCUT2D eigenvalue weighted by atomic mass is 79.9. The zero-order valence-corrected chi connectivity index (χ0v) is 12.9. The van der Waals surface area contributed by atoms with Crippen LogP contribution in [-0.4, -0.2) is 25.2 Å². The molecule has 0 aliphatic rings. The number of allylic oxidation sites excluding steroid dienone is 1. The summed E-state index contributed by atoms with van der Waals surface area (Å²) < 4.78 is 14.3. The maximum Gasteiger partial charge on any atom is 0.221 e. The largest absolute Gasteiger partial charge is 0.306 e. The number of benzene rings is 1. The maximum absolute atomic E-state index is 11.4. The molecule has 0 bridgehead atoms. The first-order chi connectivity index (χ1) is 9.16. The van der Waals surface area contributed by atoms with Crippen molar-refractivity contribution in [3.05, 3.63) is 46.7 Å². The summed E-state index contributed by atoms with van der Waals surface area (Å²) in [6.07, 6.45) is 8.23. The molecule has 0 aliphatic carbocycles. The van der Waals surface area contributed by atoms with Gasteiger partial charge in [0.1, 0.15) is 6.33 Å². The quantitative estimate of drug-likeness (QED) is 0.841. The molecule has 2 aromatic rings. The zero-order chi connectivity index (χ0) is 13.7. The lowest BCUT2D eigenvalue weighted by molar-refractivity contribution is 0.621. The Morgan fingerprint density at radius 2 is 2.11 bits per heavy atom. The van der Waals surface area contributed by atoms with Crippen LogP contribution >= 0.6 is 15.9 Å². The van der Waals surface area contributed by atoms with Gasteiger partial charge >= 0.3 is 0 Å². The van der Waals surface area contributed by atoms with E-state index >= 15 is 0 Å². The van der Waals surface area contributed by atoms with Crippen molar-refractivity contribution in [2.45, 2.75) is 18.1 Å². The predicted molar refractivity (Wildman–Crippen MR) is 80.1 cm³/mol. The zero-order valence-electron chi connectivity index (χ0n) is 10.5. The summed E-state index contributed by atoms with van der Waals surface area (Å²) in [5.41, 5.74) is 1.16. The smallest absolute Gasteiger partial charge is 0.221 e. The first-order valence-electron chi connectivity index (χ1n) is 5.80. The van der Waals surface area contributed by atoms with Crippen LogP contribution in [0.25, 0.3) is 6.08 Å². The summed E-state index contributed by atoms with van der Waals surface area (Å²) in [4.78, 5) is 0. The number of hydrogen-bond donors (Lipinski definition) is 0. The average Bonchev–Trinajstić information content (AvgIpc) is 2.85. The molecule has 19 heavy (non-hydrogen) atoms. The van der Waals surface area contributed by atoms with Gasteiger partial charge in [-0.3, -0.25) is 4.21 Å². The molecule has 0 radical (unpaired) electrons. The fraction of sp³-hybridized carbons (Fsp3) is 0.231. The molecule has 1 aromatic heterocycles. The summed E-state index contributed by atoms with van der Waals surface area (Å²) >= 11 is 3.40. The molecule has 0 N–H and O–H groups in total. The van der Waals surface area contributed by atoms with Crippen LogP contribution in [0.15, 0.2) is 46.3 Å². The Hall–Kier alpha value is -1.27. The van der Waals surface area contributed by atoms with Crippen LogP contribution in [0.4, 0.5) is 0 Å². The Bertz CT molecular complexity index is 592. The Labute approximate surface area is 123 Å². The molecule has 1 atom stereocenters. The SMILES string of the molecule is C[S@](=O)c1nncn1CC/C=C/c1ccc(Br)cc1. The molecule has 100 valence electrons. The van der Waals surface area contributed by atoms with Crippen molar-refractivity contribution >= 4 is 32.8 Å². The average molecular weight is 340 g/mol. The highest BCUT2D eigenvalue weighted by Crippen LogP contribution is 2.12. The van der Waals surface area contributed by atoms with Crippen molar-refractivity contribution in [3.63, 3.8) is 0 Å². The van der Waals surface area contributed by atoms with E-state index in [9.17, 15) is 4.21 Å². The van der Waals surface area contributed by atoms with Crippen molar-refractivity contribution < 1.29 is 4.21 Å². The van der Waals surface area contributed by atoms with Gasteiger partial charge in [-0.1, -0.05) is 40.2 Å². The molecule has 0 saturated carbocycles. The van der Waals surface area contributed by atoms with Gasteiger partial charge in [0, 0.05) is 17.3 Å². The summed E-state index contributed by atoms with van der Waals surface area (Å²) in [5, 5.41) is 8.15. The molecule has 0 aliphatic heterocycles. The maximum atomic E-state index is 11.4. The molecule has 0 spiro atoms. The number of nitrogens with zero attached hydrogens (tertiary/aromatic N) is 3. The highest BCUT2D eigenvalue weighted by Gasteiger charge is 2.06. The van der Waals surface area contributed by atoms with E-state index < -0.39 is 10.8 Å². The first-order valence-corrected chi connectivity index (χ1v) is 8.15. The Morgan fingerprint density at radius 1 is 1.37 bits per heavy atom. The van der Waals surface area contributed by atoms with E-state index in [-0.39, 0.29) is 0 Å². The third kappa shape index (κ3) is 4.11. The van der Waals surface area contributed by atoms with E-state index in [1.165, 1.54) is 0 Å². The molecule has 0 unspecified atom stereocenters. The van der Waals surface area contributed by atoms with E-state index in [1.54, 1.807) is 12.6 Å². The number of aryl methyl sites for hydroxylation is 1. The second kappa shape index (κ2) is 6.77. The standard InChI is InChI=1S/C13H14BrN3OS/c1-19(18)13-16-15-10-17(13)9-3-2-4-11-5-7-12(14)8-6-11/h2,4-8,10H,3,9H2,1H3/b4-2+/t19-/m0/s1. The van der Waals surface area contributed by atoms with Crippen LogP contribution in [-0.2, 0) is 17.3 Å². The minimum Gasteiger partial charge on any atom is -0.306 e. The van der Waals surface area contributed by atoms with Crippen LogP contribution < -0.4 is 0 Å². The van der Waals surface area contributed by atoms with Gasteiger partial charge in [0.05, 0.1) is 10.8 Å². The lowest BCUT2D eigenvalue weighted by Gasteiger charge is -2.01. The van der Waals surface area contributed by atoms with E-state index in [0.29, 0.717) is 5.16 Å². The van der Waals surface area contributed by atoms with Gasteiger partial charge in [-0.05, 0) is 24.1 Å². The molecular weight excluding hydrogens is 326 g/mol. The number of aromatic nitrogens is 3. The van der Waals surface area contributed by atoms with Gasteiger partial charge in [-0.15, -0.1) is 10.2 Å². The Morgan fingerprint density at radius 3 is 2.79 bits per heavy atom. The van der Waals surface area contributed by atoms with Crippen LogP contribution in [0.3, 0.4) is 0 Å². The van der Waals surface area contributed by atoms with Gasteiger partial charge in [-0.25, -0.2) is 0 Å². The van der Waals surface area contributed by atoms with Crippen molar-refractivity contribution in [3.8, 4) is 0 Å². The summed E-state index contributed by atoms with van der Waals surface area (Å²) in [6, 6.07) is 8.12. The lowest BCUT2D eigenvalue weighted by atomic mass is 10.2. The molecule has 1 heterocycles. The molecule has 2 rings (SSSR count). The van der Waals surface area contributed by atoms with Crippen molar-refractivity contribution in [1.82, 2.24) is 14.8 Å². The lowest BCUT2D eigenvalue weighted by Crippen LogP contribution is -2.03. The second-order valence-corrected chi connectivity index (χ2v) is 6.19. The monoisotopic (exact) mass is 339 g/mol. The van der Waals surface area contributed by atoms with Crippen LogP contribution in [0.2, 0.25) is 0 Å². The first kappa shape index (κ1) is 14.1. The Balaban J connectivity index is 1.91. The Kier molecular flexibility index (Phi) is 5.04. The number of hydrogen-bond acceptors (Lipinski definition) is 3. The topological polar surface area (TPSA) is 47.8 Å². The van der Waals surface area contributed by atoms with Gasteiger partial charge in [-0.2, -0.15) is 0 Å². The van der Waals surface area contributed by atoms with E-state index in [0.717, 1.165) is 23.0 Å². The fourth-order valence-corrected chi connectivity index (χ4v) is 2.52. The van der Waals surface area contributed by atoms with Gasteiger partial charge < -0.3 is 4.57 Å². The molecule has 0 fully saturated rings. The van der Waals surface area contributed by atoms with Crippen LogP contribution in [0, 0.1) is 0 Å². The molecule has 0 amide bonds.